The lowest BCUT2D eigenvalue weighted by atomic mass is 10.1. The fraction of sp³-hybridized carbons (Fsp3) is 0.263. The van der Waals surface area contributed by atoms with Crippen LogP contribution in [0, 0.1) is 0 Å². The minimum absolute atomic E-state index is 0.146. The normalized spacial score (nSPS) is 15.2. The first-order valence-corrected chi connectivity index (χ1v) is 9.75. The second-order valence-electron chi connectivity index (χ2n) is 6.23. The summed E-state index contributed by atoms with van der Waals surface area (Å²) in [5, 5.41) is 6.86. The van der Waals surface area contributed by atoms with E-state index in [0.29, 0.717) is 5.76 Å². The monoisotopic (exact) mass is 387 g/mol. The molecular weight excluding hydrogens is 370 g/mol. The highest BCUT2D eigenvalue weighted by Crippen LogP contribution is 2.29. The van der Waals surface area contributed by atoms with Gasteiger partial charge in [0, 0.05) is 35.1 Å². The summed E-state index contributed by atoms with van der Waals surface area (Å²) in [4.78, 5) is 19.1. The zero-order valence-corrected chi connectivity index (χ0v) is 15.6. The van der Waals surface area contributed by atoms with Crippen molar-refractivity contribution in [1.29, 1.82) is 0 Å². The van der Waals surface area contributed by atoms with Gasteiger partial charge in [0.25, 0.3) is 5.91 Å². The van der Waals surface area contributed by atoms with Crippen LogP contribution in [0.15, 0.2) is 52.5 Å². The Morgan fingerprint density at radius 3 is 2.69 bits per heavy atom. The van der Waals surface area contributed by atoms with Crippen molar-refractivity contribution >= 4 is 34.0 Å². The lowest BCUT2D eigenvalue weighted by Crippen LogP contribution is -2.44. The summed E-state index contributed by atoms with van der Waals surface area (Å²) in [7, 11) is 0. The maximum absolute atomic E-state index is 12.1. The van der Waals surface area contributed by atoms with E-state index < -0.39 is 0 Å². The number of piperidine rings is 1. The van der Waals surface area contributed by atoms with Crippen LogP contribution in [0.3, 0.4) is 0 Å². The van der Waals surface area contributed by atoms with E-state index in [1.807, 2.05) is 24.3 Å². The first-order chi connectivity index (χ1) is 12.7. The number of carbonyl (C=O) groups is 1. The summed E-state index contributed by atoms with van der Waals surface area (Å²) >= 11 is 7.59. The Bertz CT molecular complexity index is 869. The highest BCUT2D eigenvalue weighted by Gasteiger charge is 2.23. The molecule has 1 aliphatic rings. The molecule has 7 heteroatoms. The van der Waals surface area contributed by atoms with Crippen LogP contribution in [0.4, 0.5) is 5.13 Å². The Morgan fingerprint density at radius 2 is 2.00 bits per heavy atom. The number of nitrogens with zero attached hydrogens (tertiary/aromatic N) is 2. The molecular formula is C19H18ClN3O2S. The molecule has 4 rings (SSSR count). The van der Waals surface area contributed by atoms with Crippen molar-refractivity contribution in [2.45, 2.75) is 18.9 Å². The maximum Gasteiger partial charge on any atom is 0.287 e. The number of nitrogens with one attached hydrogen (secondary N) is 1. The summed E-state index contributed by atoms with van der Waals surface area (Å²) in [6.45, 7) is 1.74. The average molecular weight is 388 g/mol. The number of amides is 1. The van der Waals surface area contributed by atoms with E-state index in [-0.39, 0.29) is 11.9 Å². The fourth-order valence-corrected chi connectivity index (χ4v) is 4.06. The van der Waals surface area contributed by atoms with Crippen LogP contribution >= 0.6 is 22.9 Å². The topological polar surface area (TPSA) is 58.4 Å². The zero-order valence-electron chi connectivity index (χ0n) is 14.0. The molecule has 1 N–H and O–H groups in total. The number of anilines is 1. The quantitative estimate of drug-likeness (QED) is 0.718. The van der Waals surface area contributed by atoms with Gasteiger partial charge in [0.2, 0.25) is 0 Å². The molecule has 3 aromatic rings. The first kappa shape index (κ1) is 17.1. The fourth-order valence-electron chi connectivity index (χ4n) is 3.04. The minimum Gasteiger partial charge on any atom is -0.459 e. The largest absolute Gasteiger partial charge is 0.459 e. The predicted octanol–water partition coefficient (Wildman–Crippen LogP) is 4.46. The molecule has 1 amide bonds. The second-order valence-corrected chi connectivity index (χ2v) is 7.51. The van der Waals surface area contributed by atoms with Gasteiger partial charge in [-0.25, -0.2) is 4.98 Å². The van der Waals surface area contributed by atoms with Crippen molar-refractivity contribution in [3.63, 3.8) is 0 Å². The lowest BCUT2D eigenvalue weighted by molar-refractivity contribution is 0.0903. The van der Waals surface area contributed by atoms with E-state index in [1.54, 1.807) is 23.5 Å². The molecule has 1 aromatic carbocycles. The van der Waals surface area contributed by atoms with Crippen LogP contribution in [-0.2, 0) is 0 Å². The zero-order chi connectivity index (χ0) is 17.9. The van der Waals surface area contributed by atoms with E-state index in [9.17, 15) is 4.79 Å². The van der Waals surface area contributed by atoms with Gasteiger partial charge in [-0.3, -0.25) is 4.79 Å². The van der Waals surface area contributed by atoms with Crippen molar-refractivity contribution in [3.8, 4) is 11.3 Å². The van der Waals surface area contributed by atoms with Gasteiger partial charge in [-0.2, -0.15) is 0 Å². The number of hydrogen-bond donors (Lipinski definition) is 1. The van der Waals surface area contributed by atoms with Crippen LogP contribution in [0.25, 0.3) is 11.3 Å². The van der Waals surface area contributed by atoms with Crippen LogP contribution < -0.4 is 10.2 Å². The average Bonchev–Trinajstić information content (AvgIpc) is 3.35. The lowest BCUT2D eigenvalue weighted by Gasteiger charge is -2.31. The van der Waals surface area contributed by atoms with Gasteiger partial charge in [0.1, 0.15) is 0 Å². The Labute approximate surface area is 160 Å². The number of benzene rings is 1. The van der Waals surface area contributed by atoms with Crippen molar-refractivity contribution in [1.82, 2.24) is 10.3 Å². The molecule has 26 heavy (non-hydrogen) atoms. The van der Waals surface area contributed by atoms with E-state index in [1.165, 1.54) is 6.26 Å². The van der Waals surface area contributed by atoms with Gasteiger partial charge in [0.15, 0.2) is 10.9 Å². The van der Waals surface area contributed by atoms with Gasteiger partial charge >= 0.3 is 0 Å². The van der Waals surface area contributed by atoms with Gasteiger partial charge in [-0.05, 0) is 37.1 Å². The molecule has 0 atom stereocenters. The van der Waals surface area contributed by atoms with Crippen molar-refractivity contribution in [2.75, 3.05) is 18.0 Å². The van der Waals surface area contributed by atoms with E-state index in [0.717, 1.165) is 47.3 Å². The van der Waals surface area contributed by atoms with Crippen molar-refractivity contribution in [2.24, 2.45) is 0 Å². The first-order valence-electron chi connectivity index (χ1n) is 8.50. The highest BCUT2D eigenvalue weighted by atomic mass is 35.5. The Morgan fingerprint density at radius 1 is 1.23 bits per heavy atom. The SMILES string of the molecule is O=C(NC1CCN(c2nc(-c3ccc(Cl)cc3)cs2)CC1)c1ccco1. The molecule has 0 saturated carbocycles. The molecule has 2 aromatic heterocycles. The number of furan rings is 1. The van der Waals surface area contributed by atoms with Crippen LogP contribution in [-0.4, -0.2) is 30.0 Å². The highest BCUT2D eigenvalue weighted by molar-refractivity contribution is 7.14. The summed E-state index contributed by atoms with van der Waals surface area (Å²) in [5.41, 5.74) is 2.03. The number of carbonyl (C=O) groups excluding carboxylic acids is 1. The van der Waals surface area contributed by atoms with Gasteiger partial charge < -0.3 is 14.6 Å². The molecule has 3 heterocycles. The summed E-state index contributed by atoms with van der Waals surface area (Å²) < 4.78 is 5.14. The van der Waals surface area contributed by atoms with Gasteiger partial charge in [-0.1, -0.05) is 23.7 Å². The number of aromatic nitrogens is 1. The van der Waals surface area contributed by atoms with Crippen molar-refractivity contribution < 1.29 is 9.21 Å². The van der Waals surface area contributed by atoms with E-state index in [2.05, 4.69) is 15.6 Å². The molecule has 0 bridgehead atoms. The van der Waals surface area contributed by atoms with Crippen molar-refractivity contribution in [3.05, 3.63) is 58.8 Å². The molecule has 5 nitrogen and oxygen atoms in total. The molecule has 0 unspecified atom stereocenters. The third-order valence-electron chi connectivity index (χ3n) is 4.48. The van der Waals surface area contributed by atoms with Crippen LogP contribution in [0.2, 0.25) is 5.02 Å². The summed E-state index contributed by atoms with van der Waals surface area (Å²) in [6.07, 6.45) is 3.29. The van der Waals surface area contributed by atoms with Crippen LogP contribution in [0.1, 0.15) is 23.4 Å². The Hall–Kier alpha value is -2.31. The minimum atomic E-state index is -0.146. The van der Waals surface area contributed by atoms with Gasteiger partial charge in [0.05, 0.1) is 12.0 Å². The van der Waals surface area contributed by atoms with E-state index in [4.69, 9.17) is 21.0 Å². The molecule has 1 fully saturated rings. The van der Waals surface area contributed by atoms with Crippen LogP contribution in [0.5, 0.6) is 0 Å². The summed E-state index contributed by atoms with van der Waals surface area (Å²) in [6, 6.07) is 11.3. The third-order valence-corrected chi connectivity index (χ3v) is 5.63. The Balaban J connectivity index is 1.35. The van der Waals surface area contributed by atoms with E-state index >= 15 is 0 Å². The summed E-state index contributed by atoms with van der Waals surface area (Å²) in [5.74, 6) is 0.215. The molecule has 134 valence electrons. The molecule has 1 saturated heterocycles. The number of thiazole rings is 1. The molecule has 0 aliphatic carbocycles. The number of rotatable bonds is 4. The molecule has 1 aliphatic heterocycles. The standard InChI is InChI=1S/C19H18ClN3O2S/c20-14-5-3-13(4-6-14)16-12-26-19(22-16)23-9-7-15(8-10-23)21-18(24)17-2-1-11-25-17/h1-6,11-12,15H,7-10H2,(H,21,24). The third kappa shape index (κ3) is 3.76. The number of hydrogen-bond acceptors (Lipinski definition) is 5. The predicted molar refractivity (Wildman–Crippen MR) is 104 cm³/mol. The maximum atomic E-state index is 12.1. The number of halogens is 1. The smallest absolute Gasteiger partial charge is 0.287 e. The molecule has 0 spiro atoms. The molecule has 0 radical (unpaired) electrons. The Kier molecular flexibility index (Phi) is 4.95. The second kappa shape index (κ2) is 7.51. The van der Waals surface area contributed by atoms with Gasteiger partial charge in [-0.15, -0.1) is 11.3 Å².